The summed E-state index contributed by atoms with van der Waals surface area (Å²) >= 11 is 0. The summed E-state index contributed by atoms with van der Waals surface area (Å²) in [6.07, 6.45) is 2.56. The minimum absolute atomic E-state index is 0.0981. The molecule has 3 amide bonds. The van der Waals surface area contributed by atoms with Crippen molar-refractivity contribution in [3.05, 3.63) is 53.1 Å². The number of imide groups is 1. The Morgan fingerprint density at radius 3 is 2.39 bits per heavy atom. The van der Waals surface area contributed by atoms with E-state index in [1.165, 1.54) is 4.90 Å². The van der Waals surface area contributed by atoms with Crippen LogP contribution in [0, 0.1) is 44.4 Å². The van der Waals surface area contributed by atoms with Crippen molar-refractivity contribution in [2.45, 2.75) is 53.4 Å². The van der Waals surface area contributed by atoms with Crippen LogP contribution in [0.5, 0.6) is 5.75 Å². The molecule has 3 aliphatic rings. The lowest BCUT2D eigenvalue weighted by atomic mass is 9.76. The fourth-order valence-corrected chi connectivity index (χ4v) is 5.88. The van der Waals surface area contributed by atoms with Gasteiger partial charge in [-0.05, 0) is 86.9 Å². The molecule has 1 saturated carbocycles. The quantitative estimate of drug-likeness (QED) is 0.360. The van der Waals surface area contributed by atoms with Gasteiger partial charge in [0.15, 0.2) is 0 Å². The minimum Gasteiger partial charge on any atom is -0.426 e. The molecule has 0 N–H and O–H groups in total. The van der Waals surface area contributed by atoms with Gasteiger partial charge in [-0.15, -0.1) is 0 Å². The second-order valence-electron chi connectivity index (χ2n) is 10.7. The van der Waals surface area contributed by atoms with E-state index in [1.54, 1.807) is 30.0 Å². The summed E-state index contributed by atoms with van der Waals surface area (Å²) in [5, 5.41) is 0. The summed E-state index contributed by atoms with van der Waals surface area (Å²) in [6.45, 7) is 8.13. The zero-order valence-corrected chi connectivity index (χ0v) is 21.2. The summed E-state index contributed by atoms with van der Waals surface area (Å²) in [5.41, 5.74) is 4.09. The van der Waals surface area contributed by atoms with Crippen LogP contribution in [0.1, 0.15) is 49.3 Å². The van der Waals surface area contributed by atoms with Crippen molar-refractivity contribution in [1.82, 2.24) is 0 Å². The highest BCUT2D eigenvalue weighted by Gasteiger charge is 2.50. The van der Waals surface area contributed by atoms with Gasteiger partial charge in [-0.1, -0.05) is 19.1 Å². The molecule has 0 radical (unpaired) electrons. The molecule has 2 heterocycles. The third-order valence-electron chi connectivity index (χ3n) is 7.93. The molecule has 5 rings (SSSR count). The Hall–Kier alpha value is -3.48. The maximum Gasteiger partial charge on any atom is 0.316 e. The van der Waals surface area contributed by atoms with Crippen LogP contribution in [-0.2, 0) is 19.2 Å². The molecule has 2 aliphatic heterocycles. The molecule has 4 atom stereocenters. The second kappa shape index (κ2) is 9.19. The number of fused-ring (bicyclic) bond motifs is 1. The van der Waals surface area contributed by atoms with Crippen LogP contribution < -0.4 is 14.5 Å². The molecule has 7 nitrogen and oxygen atoms in total. The number of aryl methyl sites for hydroxylation is 3. The number of ether oxygens (including phenoxy) is 1. The molecule has 36 heavy (non-hydrogen) atoms. The van der Waals surface area contributed by atoms with Gasteiger partial charge in [0.05, 0.1) is 23.4 Å². The van der Waals surface area contributed by atoms with E-state index in [4.69, 9.17) is 4.74 Å². The highest BCUT2D eigenvalue weighted by atomic mass is 16.5. The molecule has 2 aromatic rings. The van der Waals surface area contributed by atoms with Crippen molar-refractivity contribution in [2.75, 3.05) is 16.3 Å². The van der Waals surface area contributed by atoms with Gasteiger partial charge in [-0.25, -0.2) is 4.90 Å². The summed E-state index contributed by atoms with van der Waals surface area (Å²) in [7, 11) is 0. The van der Waals surface area contributed by atoms with Crippen molar-refractivity contribution < 1.29 is 23.9 Å². The van der Waals surface area contributed by atoms with Crippen LogP contribution >= 0.6 is 0 Å². The molecule has 2 aromatic carbocycles. The molecule has 2 saturated heterocycles. The van der Waals surface area contributed by atoms with Crippen molar-refractivity contribution in [3.8, 4) is 5.75 Å². The number of anilines is 2. The molecule has 0 spiro atoms. The Morgan fingerprint density at radius 1 is 0.889 bits per heavy atom. The third kappa shape index (κ3) is 4.21. The van der Waals surface area contributed by atoms with Gasteiger partial charge in [0, 0.05) is 18.7 Å². The first-order valence-electron chi connectivity index (χ1n) is 12.7. The average molecular weight is 489 g/mol. The first-order chi connectivity index (χ1) is 17.1. The fraction of sp³-hybridized carbons (Fsp3) is 0.448. The maximum absolute atomic E-state index is 13.1. The molecule has 0 aromatic heterocycles. The fourth-order valence-electron chi connectivity index (χ4n) is 5.88. The van der Waals surface area contributed by atoms with E-state index >= 15 is 0 Å². The lowest BCUT2D eigenvalue weighted by Gasteiger charge is -2.25. The topological polar surface area (TPSA) is 84.0 Å². The highest BCUT2D eigenvalue weighted by molar-refractivity contribution is 6.22. The Balaban J connectivity index is 1.29. The standard InChI is InChI=1S/C29H32N2O5/c1-16-6-9-22-23(11-16)28(34)31(27(22)33)24-10-8-21(13-19(24)4)36-29(35)20-14-26(32)30(15-20)25-12-17(2)5-7-18(25)3/h5,7-8,10,12-13,16,20,22-23H,6,9,11,14-15H2,1-4H3/t16-,20+,22+,23+/m0/s1. The molecule has 188 valence electrons. The van der Waals surface area contributed by atoms with E-state index in [9.17, 15) is 19.2 Å². The first kappa shape index (κ1) is 24.2. The van der Waals surface area contributed by atoms with Gasteiger partial charge < -0.3 is 9.64 Å². The SMILES string of the molecule is Cc1ccc(C)c(N2C[C@H](C(=O)Oc3ccc(N4C(=O)[C@@H]5CC[C@H](C)C[C@H]5C4=O)c(C)c3)CC2=O)c1. The second-order valence-corrected chi connectivity index (χ2v) is 10.7. The minimum atomic E-state index is -0.566. The van der Waals surface area contributed by atoms with Crippen LogP contribution in [0.25, 0.3) is 0 Å². The highest BCUT2D eigenvalue weighted by Crippen LogP contribution is 2.43. The largest absolute Gasteiger partial charge is 0.426 e. The van der Waals surface area contributed by atoms with Crippen LogP contribution in [0.3, 0.4) is 0 Å². The van der Waals surface area contributed by atoms with E-state index in [0.29, 0.717) is 22.9 Å². The molecular formula is C29H32N2O5. The van der Waals surface area contributed by atoms with Crippen LogP contribution in [-0.4, -0.2) is 30.2 Å². The molecule has 7 heteroatoms. The monoisotopic (exact) mass is 488 g/mol. The predicted octanol–water partition coefficient (Wildman–Crippen LogP) is 4.50. The molecule has 0 bridgehead atoms. The number of hydrogen-bond donors (Lipinski definition) is 0. The van der Waals surface area contributed by atoms with Gasteiger partial charge in [0.25, 0.3) is 0 Å². The Bertz CT molecular complexity index is 1270. The van der Waals surface area contributed by atoms with Gasteiger partial charge in [0.2, 0.25) is 17.7 Å². The van der Waals surface area contributed by atoms with E-state index < -0.39 is 11.9 Å². The van der Waals surface area contributed by atoms with E-state index in [0.717, 1.165) is 36.1 Å². The number of amides is 3. The van der Waals surface area contributed by atoms with Crippen molar-refractivity contribution in [2.24, 2.45) is 23.7 Å². The number of carbonyl (C=O) groups is 4. The smallest absolute Gasteiger partial charge is 0.316 e. The number of rotatable bonds is 4. The van der Waals surface area contributed by atoms with Crippen molar-refractivity contribution >= 4 is 35.1 Å². The van der Waals surface area contributed by atoms with E-state index in [2.05, 4.69) is 6.92 Å². The predicted molar refractivity (Wildman–Crippen MR) is 136 cm³/mol. The number of carbonyl (C=O) groups excluding carboxylic acids is 4. The lowest BCUT2D eigenvalue weighted by Crippen LogP contribution is -2.31. The van der Waals surface area contributed by atoms with E-state index in [1.807, 2.05) is 32.0 Å². The summed E-state index contributed by atoms with van der Waals surface area (Å²) < 4.78 is 5.64. The van der Waals surface area contributed by atoms with Crippen LogP contribution in [0.2, 0.25) is 0 Å². The molecule has 3 fully saturated rings. The zero-order chi connectivity index (χ0) is 25.7. The van der Waals surface area contributed by atoms with Crippen molar-refractivity contribution in [3.63, 3.8) is 0 Å². The Kier molecular flexibility index (Phi) is 6.18. The molecular weight excluding hydrogens is 456 g/mol. The van der Waals surface area contributed by atoms with Gasteiger partial charge in [-0.2, -0.15) is 0 Å². The van der Waals surface area contributed by atoms with Crippen molar-refractivity contribution in [1.29, 1.82) is 0 Å². The molecule has 1 aliphatic carbocycles. The van der Waals surface area contributed by atoms with Gasteiger partial charge in [0.1, 0.15) is 5.75 Å². The number of esters is 1. The zero-order valence-electron chi connectivity index (χ0n) is 21.2. The number of benzene rings is 2. The third-order valence-corrected chi connectivity index (χ3v) is 7.93. The van der Waals surface area contributed by atoms with Gasteiger partial charge in [-0.3, -0.25) is 19.2 Å². The Morgan fingerprint density at radius 2 is 1.64 bits per heavy atom. The van der Waals surface area contributed by atoms with E-state index in [-0.39, 0.29) is 42.5 Å². The summed E-state index contributed by atoms with van der Waals surface area (Å²) in [5.74, 6) is -1.06. The lowest BCUT2D eigenvalue weighted by molar-refractivity contribution is -0.139. The first-order valence-corrected chi connectivity index (χ1v) is 12.7. The number of nitrogens with zero attached hydrogens (tertiary/aromatic N) is 2. The maximum atomic E-state index is 13.1. The number of hydrogen-bond acceptors (Lipinski definition) is 5. The molecule has 0 unspecified atom stereocenters. The summed E-state index contributed by atoms with van der Waals surface area (Å²) in [6, 6.07) is 10.9. The summed E-state index contributed by atoms with van der Waals surface area (Å²) in [4.78, 5) is 54.7. The average Bonchev–Trinajstić information content (AvgIpc) is 3.33. The Labute approximate surface area is 211 Å². The van der Waals surface area contributed by atoms with Crippen LogP contribution in [0.4, 0.5) is 11.4 Å². The normalized spacial score (nSPS) is 25.9. The van der Waals surface area contributed by atoms with Crippen LogP contribution in [0.15, 0.2) is 36.4 Å². The van der Waals surface area contributed by atoms with Gasteiger partial charge >= 0.3 is 5.97 Å².